The highest BCUT2D eigenvalue weighted by atomic mass is 32.2. The first-order valence-corrected chi connectivity index (χ1v) is 9.41. The standard InChI is InChI=1S/C18H17F2NO5S/c1-3-4-16(22)11-5-7-13(8-6-11)27(24,25)21-12-9-14(19)17(15(20)10-12)18(23)26-2/h5-10,21H,3-4H2,1-2H3. The third-order valence-corrected chi connectivity index (χ3v) is 5.04. The summed E-state index contributed by atoms with van der Waals surface area (Å²) >= 11 is 0. The smallest absolute Gasteiger partial charge is 0.343 e. The van der Waals surface area contributed by atoms with E-state index in [-0.39, 0.29) is 10.7 Å². The maximum Gasteiger partial charge on any atom is 0.343 e. The fourth-order valence-electron chi connectivity index (χ4n) is 2.33. The van der Waals surface area contributed by atoms with Gasteiger partial charge in [-0.3, -0.25) is 9.52 Å². The van der Waals surface area contributed by atoms with E-state index in [0.29, 0.717) is 30.5 Å². The number of methoxy groups -OCH3 is 1. The second-order valence-corrected chi connectivity index (χ2v) is 7.29. The molecule has 0 radical (unpaired) electrons. The molecular weight excluding hydrogens is 380 g/mol. The lowest BCUT2D eigenvalue weighted by atomic mass is 10.1. The van der Waals surface area contributed by atoms with Gasteiger partial charge in [0.05, 0.1) is 17.7 Å². The molecule has 1 N–H and O–H groups in total. The molecule has 0 bridgehead atoms. The zero-order valence-electron chi connectivity index (χ0n) is 14.6. The number of carbonyl (C=O) groups is 2. The molecule has 2 rings (SSSR count). The monoisotopic (exact) mass is 397 g/mol. The van der Waals surface area contributed by atoms with Crippen molar-refractivity contribution in [2.24, 2.45) is 0 Å². The van der Waals surface area contributed by atoms with E-state index in [1.807, 2.05) is 11.6 Å². The van der Waals surface area contributed by atoms with E-state index >= 15 is 0 Å². The predicted octanol–water partition coefficient (Wildman–Crippen LogP) is 3.54. The quantitative estimate of drug-likeness (QED) is 0.570. The Balaban J connectivity index is 2.28. The van der Waals surface area contributed by atoms with Gasteiger partial charge in [0.25, 0.3) is 10.0 Å². The van der Waals surface area contributed by atoms with Gasteiger partial charge in [0, 0.05) is 12.0 Å². The number of hydrogen-bond donors (Lipinski definition) is 1. The van der Waals surface area contributed by atoms with Crippen molar-refractivity contribution in [1.29, 1.82) is 0 Å². The Morgan fingerprint density at radius 2 is 1.63 bits per heavy atom. The molecule has 0 amide bonds. The molecule has 2 aromatic rings. The summed E-state index contributed by atoms with van der Waals surface area (Å²) in [6, 6.07) is 6.53. The SMILES string of the molecule is CCCC(=O)c1ccc(S(=O)(=O)Nc2cc(F)c(C(=O)OC)c(F)c2)cc1. The van der Waals surface area contributed by atoms with Crippen LogP contribution in [0.5, 0.6) is 0 Å². The molecule has 0 fully saturated rings. The average molecular weight is 397 g/mol. The van der Waals surface area contributed by atoms with Crippen LogP contribution in [0.2, 0.25) is 0 Å². The summed E-state index contributed by atoms with van der Waals surface area (Å²) < 4.78 is 58.9. The third-order valence-electron chi connectivity index (χ3n) is 3.65. The van der Waals surface area contributed by atoms with Crippen LogP contribution >= 0.6 is 0 Å². The van der Waals surface area contributed by atoms with Crippen molar-refractivity contribution in [3.05, 3.63) is 59.2 Å². The molecule has 0 aliphatic heterocycles. The number of anilines is 1. The van der Waals surface area contributed by atoms with E-state index in [2.05, 4.69) is 4.74 Å². The van der Waals surface area contributed by atoms with Crippen molar-refractivity contribution in [3.63, 3.8) is 0 Å². The zero-order chi connectivity index (χ0) is 20.2. The van der Waals surface area contributed by atoms with E-state index in [1.165, 1.54) is 24.3 Å². The van der Waals surface area contributed by atoms with Crippen LogP contribution in [-0.4, -0.2) is 27.3 Å². The Bertz CT molecular complexity index is 949. The summed E-state index contributed by atoms with van der Waals surface area (Å²) in [5, 5.41) is 0. The van der Waals surface area contributed by atoms with Crippen LogP contribution in [0.3, 0.4) is 0 Å². The summed E-state index contributed by atoms with van der Waals surface area (Å²) in [5.41, 5.74) is -0.946. The van der Waals surface area contributed by atoms with Gasteiger partial charge < -0.3 is 4.74 Å². The number of sulfonamides is 1. The number of halogens is 2. The van der Waals surface area contributed by atoms with Crippen molar-refractivity contribution in [2.75, 3.05) is 11.8 Å². The molecule has 0 saturated heterocycles. The zero-order valence-corrected chi connectivity index (χ0v) is 15.4. The first-order valence-electron chi connectivity index (χ1n) is 7.93. The van der Waals surface area contributed by atoms with Gasteiger partial charge >= 0.3 is 5.97 Å². The molecule has 9 heteroatoms. The number of hydrogen-bond acceptors (Lipinski definition) is 5. The fraction of sp³-hybridized carbons (Fsp3) is 0.222. The summed E-state index contributed by atoms with van der Waals surface area (Å²) in [7, 11) is -3.19. The topological polar surface area (TPSA) is 89.5 Å². The molecule has 27 heavy (non-hydrogen) atoms. The number of esters is 1. The number of nitrogens with one attached hydrogen (secondary N) is 1. The average Bonchev–Trinajstić information content (AvgIpc) is 2.60. The Kier molecular flexibility index (Phi) is 6.27. The number of carbonyl (C=O) groups excluding carboxylic acids is 2. The largest absolute Gasteiger partial charge is 0.465 e. The van der Waals surface area contributed by atoms with Crippen molar-refractivity contribution < 1.29 is 31.5 Å². The lowest BCUT2D eigenvalue weighted by Crippen LogP contribution is -2.15. The lowest BCUT2D eigenvalue weighted by molar-refractivity contribution is 0.0589. The minimum Gasteiger partial charge on any atom is -0.465 e. The second-order valence-electron chi connectivity index (χ2n) is 5.61. The van der Waals surface area contributed by atoms with E-state index < -0.39 is 38.9 Å². The second kappa shape index (κ2) is 8.26. The van der Waals surface area contributed by atoms with Crippen molar-refractivity contribution >= 4 is 27.5 Å². The van der Waals surface area contributed by atoms with Gasteiger partial charge in [0.1, 0.15) is 17.2 Å². The maximum atomic E-state index is 13.9. The number of benzene rings is 2. The Hall–Kier alpha value is -2.81. The predicted molar refractivity (Wildman–Crippen MR) is 94.2 cm³/mol. The van der Waals surface area contributed by atoms with Gasteiger partial charge in [-0.05, 0) is 30.7 Å². The molecule has 0 unspecified atom stereocenters. The van der Waals surface area contributed by atoms with Gasteiger partial charge in [-0.15, -0.1) is 0 Å². The number of Topliss-reactive ketones (excluding diaryl/α,β-unsaturated/α-hetero) is 1. The van der Waals surface area contributed by atoms with Crippen LogP contribution in [0.4, 0.5) is 14.5 Å². The number of ketones is 1. The maximum absolute atomic E-state index is 13.9. The molecule has 144 valence electrons. The number of rotatable bonds is 7. The summed E-state index contributed by atoms with van der Waals surface area (Å²) in [4.78, 5) is 22.9. The Labute approximate surface area is 155 Å². The number of ether oxygens (including phenoxy) is 1. The van der Waals surface area contributed by atoms with Gasteiger partial charge in [-0.1, -0.05) is 19.1 Å². The van der Waals surface area contributed by atoms with Crippen molar-refractivity contribution in [1.82, 2.24) is 0 Å². The lowest BCUT2D eigenvalue weighted by Gasteiger charge is -2.10. The van der Waals surface area contributed by atoms with Crippen molar-refractivity contribution in [3.8, 4) is 0 Å². The van der Waals surface area contributed by atoms with Gasteiger partial charge in [0.2, 0.25) is 0 Å². The third kappa shape index (κ3) is 4.68. The van der Waals surface area contributed by atoms with E-state index in [9.17, 15) is 26.8 Å². The Morgan fingerprint density at radius 1 is 1.07 bits per heavy atom. The summed E-state index contributed by atoms with van der Waals surface area (Å²) in [6.07, 6.45) is 1.01. The van der Waals surface area contributed by atoms with Crippen LogP contribution < -0.4 is 4.72 Å². The van der Waals surface area contributed by atoms with Crippen LogP contribution in [0, 0.1) is 11.6 Å². The minimum atomic E-state index is -4.15. The van der Waals surface area contributed by atoms with Gasteiger partial charge in [-0.25, -0.2) is 22.0 Å². The van der Waals surface area contributed by atoms with Crippen LogP contribution in [0.25, 0.3) is 0 Å². The molecule has 2 aromatic carbocycles. The summed E-state index contributed by atoms with van der Waals surface area (Å²) in [6.45, 7) is 1.85. The van der Waals surface area contributed by atoms with Crippen LogP contribution in [0.15, 0.2) is 41.3 Å². The molecule has 0 atom stereocenters. The molecule has 0 aliphatic carbocycles. The van der Waals surface area contributed by atoms with Gasteiger partial charge in [-0.2, -0.15) is 0 Å². The van der Waals surface area contributed by atoms with E-state index in [0.717, 1.165) is 7.11 Å². The minimum absolute atomic E-state index is 0.114. The van der Waals surface area contributed by atoms with Crippen LogP contribution in [-0.2, 0) is 14.8 Å². The van der Waals surface area contributed by atoms with E-state index in [4.69, 9.17) is 0 Å². The molecule has 0 aliphatic rings. The first-order chi connectivity index (χ1) is 12.7. The molecule has 0 spiro atoms. The molecular formula is C18H17F2NO5S. The van der Waals surface area contributed by atoms with Crippen LogP contribution in [0.1, 0.15) is 40.5 Å². The Morgan fingerprint density at radius 3 is 2.11 bits per heavy atom. The normalized spacial score (nSPS) is 11.1. The molecule has 0 saturated carbocycles. The van der Waals surface area contributed by atoms with Crippen molar-refractivity contribution in [2.45, 2.75) is 24.7 Å². The van der Waals surface area contributed by atoms with E-state index in [1.54, 1.807) is 0 Å². The highest BCUT2D eigenvalue weighted by Gasteiger charge is 2.22. The highest BCUT2D eigenvalue weighted by Crippen LogP contribution is 2.23. The molecule has 0 aromatic heterocycles. The first kappa shape index (κ1) is 20.5. The fourth-order valence-corrected chi connectivity index (χ4v) is 3.37. The molecule has 6 nitrogen and oxygen atoms in total. The summed E-state index contributed by atoms with van der Waals surface area (Å²) in [5.74, 6) is -3.86. The van der Waals surface area contributed by atoms with Gasteiger partial charge in [0.15, 0.2) is 5.78 Å². The highest BCUT2D eigenvalue weighted by molar-refractivity contribution is 7.92. The molecule has 0 heterocycles.